The number of anilines is 3. The van der Waals surface area contributed by atoms with E-state index in [9.17, 15) is 13.6 Å². The summed E-state index contributed by atoms with van der Waals surface area (Å²) < 4.78 is 30.1. The number of halogens is 2. The number of aromatic nitrogens is 3. The average molecular weight is 546 g/mol. The lowest BCUT2D eigenvalue weighted by molar-refractivity contribution is 0.102. The fourth-order valence-electron chi connectivity index (χ4n) is 5.81. The molecule has 0 unspecified atom stereocenters. The van der Waals surface area contributed by atoms with Gasteiger partial charge in [-0.2, -0.15) is 5.10 Å². The zero-order valence-corrected chi connectivity index (χ0v) is 22.6. The maximum atomic E-state index is 14.6. The minimum atomic E-state index is -0.463. The number of carbonyl (C=O) groups is 1. The predicted octanol–water partition coefficient (Wildman–Crippen LogP) is 5.13. The van der Waals surface area contributed by atoms with Gasteiger partial charge < -0.3 is 15.1 Å². The summed E-state index contributed by atoms with van der Waals surface area (Å²) >= 11 is 0. The second kappa shape index (κ2) is 11.2. The number of fused-ring (bicyclic) bond motifs is 1. The third-order valence-electron chi connectivity index (χ3n) is 7.87. The van der Waals surface area contributed by atoms with Crippen LogP contribution in [0.2, 0.25) is 0 Å². The van der Waals surface area contributed by atoms with Gasteiger partial charge in [-0.25, -0.2) is 18.3 Å². The number of hydrogen-bond acceptors (Lipinski definition) is 6. The van der Waals surface area contributed by atoms with Gasteiger partial charge in [-0.05, 0) is 74.3 Å². The van der Waals surface area contributed by atoms with E-state index in [1.54, 1.807) is 16.9 Å². The zero-order chi connectivity index (χ0) is 27.6. The fourth-order valence-corrected chi connectivity index (χ4v) is 5.81. The lowest BCUT2D eigenvalue weighted by atomic mass is 10.0. The van der Waals surface area contributed by atoms with E-state index in [0.717, 1.165) is 50.9 Å². The van der Waals surface area contributed by atoms with Gasteiger partial charge >= 0.3 is 0 Å². The molecule has 0 spiro atoms. The number of amides is 1. The highest BCUT2D eigenvalue weighted by Crippen LogP contribution is 2.37. The molecule has 10 heteroatoms. The van der Waals surface area contributed by atoms with Gasteiger partial charge in [0, 0.05) is 55.7 Å². The molecule has 4 aromatic rings. The van der Waals surface area contributed by atoms with Crippen molar-refractivity contribution in [3.8, 4) is 0 Å². The van der Waals surface area contributed by atoms with Crippen molar-refractivity contribution in [2.45, 2.75) is 32.2 Å². The van der Waals surface area contributed by atoms with Gasteiger partial charge in [0.2, 0.25) is 0 Å². The van der Waals surface area contributed by atoms with Crippen molar-refractivity contribution in [1.82, 2.24) is 19.5 Å². The fraction of sp³-hybridized carbons (Fsp3) is 0.367. The molecule has 2 aliphatic heterocycles. The van der Waals surface area contributed by atoms with Crippen molar-refractivity contribution in [2.75, 3.05) is 54.4 Å². The molecule has 4 heterocycles. The number of nitrogens with one attached hydrogen (secondary N) is 1. The molecular weight excluding hydrogens is 512 g/mol. The van der Waals surface area contributed by atoms with Crippen LogP contribution in [0.15, 0.2) is 60.9 Å². The molecule has 0 saturated carbocycles. The third kappa shape index (κ3) is 5.23. The lowest BCUT2D eigenvalue weighted by Gasteiger charge is -2.36. The van der Waals surface area contributed by atoms with Crippen molar-refractivity contribution >= 4 is 28.7 Å². The first-order valence-corrected chi connectivity index (χ1v) is 13.9. The highest BCUT2D eigenvalue weighted by atomic mass is 19.1. The Balaban J connectivity index is 1.17. The highest BCUT2D eigenvalue weighted by Gasteiger charge is 2.30. The summed E-state index contributed by atoms with van der Waals surface area (Å²) in [4.78, 5) is 24.7. The summed E-state index contributed by atoms with van der Waals surface area (Å²) in [5.41, 5.74) is 2.95. The van der Waals surface area contributed by atoms with Gasteiger partial charge in [-0.15, -0.1) is 0 Å². The van der Waals surface area contributed by atoms with Crippen LogP contribution in [0.1, 0.15) is 48.1 Å². The molecule has 2 aromatic carbocycles. The molecule has 8 nitrogen and oxygen atoms in total. The number of nitrogens with zero attached hydrogens (tertiary/aromatic N) is 6. The molecule has 2 fully saturated rings. The molecule has 0 bridgehead atoms. The van der Waals surface area contributed by atoms with Crippen LogP contribution in [0.25, 0.3) is 5.65 Å². The van der Waals surface area contributed by atoms with Crippen molar-refractivity contribution in [1.29, 1.82) is 0 Å². The first-order chi connectivity index (χ1) is 19.5. The van der Waals surface area contributed by atoms with Crippen LogP contribution in [-0.4, -0.2) is 64.7 Å². The largest absolute Gasteiger partial charge is 0.369 e. The molecule has 208 valence electrons. The predicted molar refractivity (Wildman–Crippen MR) is 152 cm³/mol. The Morgan fingerprint density at radius 1 is 1.02 bits per heavy atom. The molecule has 1 N–H and O–H groups in total. The van der Waals surface area contributed by atoms with E-state index in [1.807, 2.05) is 35.2 Å². The second-order valence-corrected chi connectivity index (χ2v) is 10.5. The van der Waals surface area contributed by atoms with Crippen LogP contribution in [0.3, 0.4) is 0 Å². The number of benzene rings is 2. The van der Waals surface area contributed by atoms with E-state index in [1.165, 1.54) is 18.6 Å². The Kier molecular flexibility index (Phi) is 7.34. The number of carbonyl (C=O) groups excluding carboxylic acids is 1. The van der Waals surface area contributed by atoms with Gasteiger partial charge in [0.1, 0.15) is 23.1 Å². The van der Waals surface area contributed by atoms with Gasteiger partial charge in [0.15, 0.2) is 5.65 Å². The van der Waals surface area contributed by atoms with Gasteiger partial charge in [-0.1, -0.05) is 6.92 Å². The first kappa shape index (κ1) is 26.2. The normalized spacial score (nSPS) is 18.0. The van der Waals surface area contributed by atoms with Crippen LogP contribution in [-0.2, 0) is 0 Å². The lowest BCUT2D eigenvalue weighted by Crippen LogP contribution is -2.46. The van der Waals surface area contributed by atoms with E-state index in [0.29, 0.717) is 41.2 Å². The quantitative estimate of drug-likeness (QED) is 0.347. The van der Waals surface area contributed by atoms with Crippen LogP contribution in [0, 0.1) is 11.6 Å². The Hall–Kier alpha value is -4.05. The molecule has 40 heavy (non-hydrogen) atoms. The molecule has 6 rings (SSSR count). The van der Waals surface area contributed by atoms with E-state index >= 15 is 0 Å². The zero-order valence-electron chi connectivity index (χ0n) is 22.6. The monoisotopic (exact) mass is 545 g/mol. The molecule has 1 atom stereocenters. The van der Waals surface area contributed by atoms with Gasteiger partial charge in [0.25, 0.3) is 5.91 Å². The summed E-state index contributed by atoms with van der Waals surface area (Å²) in [5, 5.41) is 7.28. The Labute approximate surface area is 232 Å². The minimum Gasteiger partial charge on any atom is -0.369 e. The molecule has 0 aliphatic carbocycles. The maximum absolute atomic E-state index is 14.6. The molecular formula is C30H33F2N7O. The van der Waals surface area contributed by atoms with Crippen LogP contribution >= 0.6 is 0 Å². The maximum Gasteiger partial charge on any atom is 0.255 e. The molecule has 2 aliphatic rings. The number of hydrogen-bond donors (Lipinski definition) is 1. The topological polar surface area (TPSA) is 69.0 Å². The van der Waals surface area contributed by atoms with E-state index in [2.05, 4.69) is 27.1 Å². The summed E-state index contributed by atoms with van der Waals surface area (Å²) in [6.45, 7) is 8.07. The van der Waals surface area contributed by atoms with Crippen LogP contribution < -0.4 is 15.1 Å². The average Bonchev–Trinajstić information content (AvgIpc) is 3.62. The van der Waals surface area contributed by atoms with Gasteiger partial charge in [-0.3, -0.25) is 9.69 Å². The van der Waals surface area contributed by atoms with Crippen LogP contribution in [0.4, 0.5) is 26.0 Å². The van der Waals surface area contributed by atoms with Crippen molar-refractivity contribution in [3.63, 3.8) is 0 Å². The Morgan fingerprint density at radius 3 is 2.60 bits per heavy atom. The Morgan fingerprint density at radius 2 is 1.82 bits per heavy atom. The van der Waals surface area contributed by atoms with Crippen molar-refractivity contribution in [3.05, 3.63) is 83.7 Å². The smallest absolute Gasteiger partial charge is 0.255 e. The third-order valence-corrected chi connectivity index (χ3v) is 7.87. The SMILES string of the molecule is CCCN1CCN(c2ccc(C(=O)Nc3cnn4ccc(N5CCC[C@@H]5c5cc(F)ccc5F)nc34)cc2)CC1. The number of rotatable bonds is 7. The van der Waals surface area contributed by atoms with Crippen molar-refractivity contribution in [2.24, 2.45) is 0 Å². The van der Waals surface area contributed by atoms with Gasteiger partial charge in [0.05, 0.1) is 12.2 Å². The molecule has 0 radical (unpaired) electrons. The first-order valence-electron chi connectivity index (χ1n) is 13.9. The summed E-state index contributed by atoms with van der Waals surface area (Å²) in [5.74, 6) is -0.517. The van der Waals surface area contributed by atoms with E-state index < -0.39 is 11.6 Å². The standard InChI is InChI=1S/C30H33F2N7O/c1-2-12-36-15-17-37(18-16-36)23-8-5-21(6-9-23)30(40)34-26-20-33-39-14-11-28(35-29(26)39)38-13-3-4-27(38)24-19-22(31)7-10-25(24)32/h5-11,14,19-20,27H,2-4,12-13,15-18H2,1H3,(H,34,40)/t27-/m1/s1. The van der Waals surface area contributed by atoms with Crippen LogP contribution in [0.5, 0.6) is 0 Å². The Bertz CT molecular complexity index is 1500. The second-order valence-electron chi connectivity index (χ2n) is 10.5. The number of piperazine rings is 1. The molecule has 1 amide bonds. The summed E-state index contributed by atoms with van der Waals surface area (Å²) in [7, 11) is 0. The molecule has 2 aromatic heterocycles. The summed E-state index contributed by atoms with van der Waals surface area (Å²) in [6, 6.07) is 12.7. The van der Waals surface area contributed by atoms with Crippen molar-refractivity contribution < 1.29 is 13.6 Å². The van der Waals surface area contributed by atoms with E-state index in [4.69, 9.17) is 4.98 Å². The molecule has 2 saturated heterocycles. The summed E-state index contributed by atoms with van der Waals surface area (Å²) in [6.07, 6.45) is 6.03. The highest BCUT2D eigenvalue weighted by molar-refractivity contribution is 6.06. The van der Waals surface area contributed by atoms with E-state index in [-0.39, 0.29) is 11.9 Å². The minimum absolute atomic E-state index is 0.248.